The second kappa shape index (κ2) is 5.78. The van der Waals surface area contributed by atoms with E-state index in [4.69, 9.17) is 33.7 Å². The van der Waals surface area contributed by atoms with Crippen LogP contribution >= 0.6 is 23.2 Å². The van der Waals surface area contributed by atoms with Crippen molar-refractivity contribution < 1.29 is 9.13 Å². The number of para-hydroxylation sites is 1. The van der Waals surface area contributed by atoms with Crippen LogP contribution in [0, 0.1) is 5.82 Å². The maximum atomic E-state index is 13.9. The Kier molecular flexibility index (Phi) is 4.30. The van der Waals surface area contributed by atoms with Gasteiger partial charge in [0.1, 0.15) is 5.75 Å². The second-order valence-electron chi connectivity index (χ2n) is 4.12. The summed E-state index contributed by atoms with van der Waals surface area (Å²) in [5, 5.41) is 0.807. The molecular formula is C14H12Cl2FNO. The minimum Gasteiger partial charge on any atom is -0.452 e. The molecule has 100 valence electrons. The number of nitrogens with two attached hydrogens (primary N) is 1. The molecular weight excluding hydrogens is 288 g/mol. The minimum atomic E-state index is -0.495. The van der Waals surface area contributed by atoms with E-state index in [0.29, 0.717) is 21.4 Å². The van der Waals surface area contributed by atoms with E-state index in [1.54, 1.807) is 31.2 Å². The van der Waals surface area contributed by atoms with Crippen molar-refractivity contribution in [2.24, 2.45) is 5.73 Å². The molecule has 0 saturated heterocycles. The topological polar surface area (TPSA) is 35.2 Å². The summed E-state index contributed by atoms with van der Waals surface area (Å²) >= 11 is 11.9. The van der Waals surface area contributed by atoms with Crippen molar-refractivity contribution >= 4 is 23.2 Å². The molecule has 2 aromatic rings. The second-order valence-corrected chi connectivity index (χ2v) is 4.97. The van der Waals surface area contributed by atoms with Gasteiger partial charge in [-0.2, -0.15) is 0 Å². The van der Waals surface area contributed by atoms with E-state index in [9.17, 15) is 4.39 Å². The SMILES string of the molecule is CC(N)c1cccc(F)c1Oc1cc(Cl)ccc1Cl. The average Bonchev–Trinajstić information content (AvgIpc) is 2.35. The first kappa shape index (κ1) is 14.1. The van der Waals surface area contributed by atoms with E-state index in [0.717, 1.165) is 0 Å². The maximum absolute atomic E-state index is 13.9. The quantitative estimate of drug-likeness (QED) is 0.871. The summed E-state index contributed by atoms with van der Waals surface area (Å²) in [7, 11) is 0. The highest BCUT2D eigenvalue weighted by atomic mass is 35.5. The molecule has 0 aliphatic heterocycles. The molecule has 19 heavy (non-hydrogen) atoms. The predicted octanol–water partition coefficient (Wildman–Crippen LogP) is 4.94. The van der Waals surface area contributed by atoms with Gasteiger partial charge in [-0.25, -0.2) is 4.39 Å². The molecule has 0 bridgehead atoms. The van der Waals surface area contributed by atoms with Gasteiger partial charge in [-0.15, -0.1) is 0 Å². The van der Waals surface area contributed by atoms with Gasteiger partial charge in [0.25, 0.3) is 0 Å². The van der Waals surface area contributed by atoms with Crippen LogP contribution in [0.5, 0.6) is 11.5 Å². The van der Waals surface area contributed by atoms with E-state index in [2.05, 4.69) is 0 Å². The summed E-state index contributed by atoms with van der Waals surface area (Å²) in [5.41, 5.74) is 6.37. The van der Waals surface area contributed by atoms with Gasteiger partial charge < -0.3 is 10.5 Å². The molecule has 0 heterocycles. The van der Waals surface area contributed by atoms with Crippen LogP contribution in [0.25, 0.3) is 0 Å². The standard InChI is InChI=1S/C14H12Cl2FNO/c1-8(18)10-3-2-4-12(17)14(10)19-13-7-9(15)5-6-11(13)16/h2-8H,18H2,1H3. The van der Waals surface area contributed by atoms with Crippen molar-refractivity contribution in [1.82, 2.24) is 0 Å². The summed E-state index contributed by atoms with van der Waals surface area (Å²) in [6.45, 7) is 1.75. The van der Waals surface area contributed by atoms with Gasteiger partial charge >= 0.3 is 0 Å². The van der Waals surface area contributed by atoms with E-state index in [1.165, 1.54) is 12.1 Å². The maximum Gasteiger partial charge on any atom is 0.167 e. The number of hydrogen-bond donors (Lipinski definition) is 1. The third-order valence-corrected chi connectivity index (χ3v) is 3.14. The molecule has 0 aromatic heterocycles. The lowest BCUT2D eigenvalue weighted by Crippen LogP contribution is -2.07. The van der Waals surface area contributed by atoms with Crippen molar-refractivity contribution in [3.05, 3.63) is 57.8 Å². The van der Waals surface area contributed by atoms with E-state index in [-0.39, 0.29) is 11.8 Å². The molecule has 2 N–H and O–H groups in total. The number of benzene rings is 2. The summed E-state index contributed by atoms with van der Waals surface area (Å²) < 4.78 is 19.4. The Hall–Kier alpha value is -1.29. The molecule has 2 nitrogen and oxygen atoms in total. The zero-order valence-corrected chi connectivity index (χ0v) is 11.7. The number of rotatable bonds is 3. The third kappa shape index (κ3) is 3.18. The normalized spacial score (nSPS) is 12.3. The van der Waals surface area contributed by atoms with E-state index < -0.39 is 5.82 Å². The summed E-state index contributed by atoms with van der Waals surface area (Å²) in [4.78, 5) is 0. The summed E-state index contributed by atoms with van der Waals surface area (Å²) in [5.74, 6) is -0.131. The van der Waals surface area contributed by atoms with Gasteiger partial charge in [0.2, 0.25) is 0 Å². The molecule has 0 amide bonds. The molecule has 1 unspecified atom stereocenters. The Bertz CT molecular complexity index is 602. The molecule has 5 heteroatoms. The molecule has 2 aromatic carbocycles. The van der Waals surface area contributed by atoms with Crippen LogP contribution in [0.1, 0.15) is 18.5 Å². The first-order valence-corrected chi connectivity index (χ1v) is 6.41. The Labute approximate surface area is 120 Å². The van der Waals surface area contributed by atoms with Crippen LogP contribution < -0.4 is 10.5 Å². The van der Waals surface area contributed by atoms with Crippen LogP contribution in [0.4, 0.5) is 4.39 Å². The van der Waals surface area contributed by atoms with Crippen LogP contribution in [0.15, 0.2) is 36.4 Å². The average molecular weight is 300 g/mol. The zero-order chi connectivity index (χ0) is 14.0. The fourth-order valence-electron chi connectivity index (χ4n) is 1.66. The van der Waals surface area contributed by atoms with Crippen LogP contribution in [-0.2, 0) is 0 Å². The highest BCUT2D eigenvalue weighted by Gasteiger charge is 2.15. The van der Waals surface area contributed by atoms with Gasteiger partial charge in [0, 0.05) is 22.7 Å². The van der Waals surface area contributed by atoms with Gasteiger partial charge in [-0.3, -0.25) is 0 Å². The molecule has 0 fully saturated rings. The molecule has 1 atom stereocenters. The fraction of sp³-hybridized carbons (Fsp3) is 0.143. The van der Waals surface area contributed by atoms with Gasteiger partial charge in [0.05, 0.1) is 5.02 Å². The number of ether oxygens (including phenoxy) is 1. The lowest BCUT2D eigenvalue weighted by atomic mass is 10.1. The van der Waals surface area contributed by atoms with Crippen LogP contribution in [-0.4, -0.2) is 0 Å². The van der Waals surface area contributed by atoms with Gasteiger partial charge in [-0.05, 0) is 25.1 Å². The molecule has 2 rings (SSSR count). The molecule has 0 aliphatic carbocycles. The van der Waals surface area contributed by atoms with Gasteiger partial charge in [0.15, 0.2) is 11.6 Å². The van der Waals surface area contributed by atoms with Crippen molar-refractivity contribution in [2.45, 2.75) is 13.0 Å². The van der Waals surface area contributed by atoms with E-state index in [1.807, 2.05) is 0 Å². The Morgan fingerprint density at radius 3 is 2.63 bits per heavy atom. The third-order valence-electron chi connectivity index (χ3n) is 2.59. The first-order valence-electron chi connectivity index (χ1n) is 5.66. The highest BCUT2D eigenvalue weighted by molar-refractivity contribution is 6.34. The minimum absolute atomic E-state index is 0.0710. The van der Waals surface area contributed by atoms with Crippen LogP contribution in [0.3, 0.4) is 0 Å². The Morgan fingerprint density at radius 1 is 1.21 bits per heavy atom. The fourth-order valence-corrected chi connectivity index (χ4v) is 1.98. The molecule has 0 saturated carbocycles. The highest BCUT2D eigenvalue weighted by Crippen LogP contribution is 2.36. The lowest BCUT2D eigenvalue weighted by Gasteiger charge is -2.15. The predicted molar refractivity (Wildman–Crippen MR) is 75.5 cm³/mol. The van der Waals surface area contributed by atoms with Crippen molar-refractivity contribution in [3.63, 3.8) is 0 Å². The van der Waals surface area contributed by atoms with E-state index >= 15 is 0 Å². The smallest absolute Gasteiger partial charge is 0.167 e. The number of hydrogen-bond acceptors (Lipinski definition) is 2. The molecule has 0 aliphatic rings. The van der Waals surface area contributed by atoms with Gasteiger partial charge in [-0.1, -0.05) is 35.3 Å². The Balaban J connectivity index is 2.46. The van der Waals surface area contributed by atoms with Crippen molar-refractivity contribution in [2.75, 3.05) is 0 Å². The van der Waals surface area contributed by atoms with Crippen molar-refractivity contribution in [3.8, 4) is 11.5 Å². The first-order chi connectivity index (χ1) is 8.99. The summed E-state index contributed by atoms with van der Waals surface area (Å²) in [6, 6.07) is 8.99. The summed E-state index contributed by atoms with van der Waals surface area (Å²) in [6.07, 6.45) is 0. The lowest BCUT2D eigenvalue weighted by molar-refractivity contribution is 0.433. The number of halogens is 3. The monoisotopic (exact) mass is 299 g/mol. The Morgan fingerprint density at radius 2 is 1.95 bits per heavy atom. The largest absolute Gasteiger partial charge is 0.452 e. The zero-order valence-electron chi connectivity index (χ0n) is 10.2. The van der Waals surface area contributed by atoms with Crippen LogP contribution in [0.2, 0.25) is 10.0 Å². The molecule has 0 radical (unpaired) electrons. The molecule has 0 spiro atoms. The van der Waals surface area contributed by atoms with Crippen molar-refractivity contribution in [1.29, 1.82) is 0 Å².